The number of hydrogen-bond acceptors (Lipinski definition) is 2. The van der Waals surface area contributed by atoms with Gasteiger partial charge in [-0.1, -0.05) is 30.4 Å². The quantitative estimate of drug-likeness (QED) is 0.351. The Morgan fingerprint density at radius 3 is 2.25 bits per heavy atom. The molecule has 0 bridgehead atoms. The van der Waals surface area contributed by atoms with Gasteiger partial charge < -0.3 is 9.47 Å². The summed E-state index contributed by atoms with van der Waals surface area (Å²) in [5.41, 5.74) is 1.08. The fraction of sp³-hybridized carbons (Fsp3) is 0.182. The Morgan fingerprint density at radius 2 is 1.54 bits per heavy atom. The van der Waals surface area contributed by atoms with Crippen molar-refractivity contribution in [2.24, 2.45) is 0 Å². The van der Waals surface area contributed by atoms with Crippen LogP contribution in [0.1, 0.15) is 6.92 Å². The van der Waals surface area contributed by atoms with E-state index in [4.69, 9.17) is 9.47 Å². The molecule has 0 aliphatic rings. The van der Waals surface area contributed by atoms with E-state index in [0.717, 1.165) is 5.39 Å². The molecule has 0 saturated carbocycles. The highest BCUT2D eigenvalue weighted by molar-refractivity contribution is 5.88. The van der Waals surface area contributed by atoms with E-state index in [-0.39, 0.29) is 5.75 Å². The maximum atomic E-state index is 14.5. The molecule has 146 valence electrons. The van der Waals surface area contributed by atoms with Gasteiger partial charge in [-0.3, -0.25) is 0 Å². The second-order valence-corrected chi connectivity index (χ2v) is 6.15. The first-order valence-corrected chi connectivity index (χ1v) is 8.63. The van der Waals surface area contributed by atoms with Crippen LogP contribution < -0.4 is 9.47 Å². The molecule has 0 N–H and O–H groups in total. The highest BCUT2D eigenvalue weighted by atomic mass is 19.4. The van der Waals surface area contributed by atoms with E-state index in [0.29, 0.717) is 28.9 Å². The summed E-state index contributed by atoms with van der Waals surface area (Å²) in [4.78, 5) is 0. The molecule has 0 saturated heterocycles. The third-order valence-corrected chi connectivity index (χ3v) is 4.05. The van der Waals surface area contributed by atoms with E-state index in [1.54, 1.807) is 36.4 Å². The molecule has 0 radical (unpaired) electrons. The molecule has 3 aromatic carbocycles. The fourth-order valence-corrected chi connectivity index (χ4v) is 2.71. The maximum absolute atomic E-state index is 14.5. The van der Waals surface area contributed by atoms with Crippen LogP contribution in [0.2, 0.25) is 0 Å². The molecule has 0 unspecified atom stereocenters. The Kier molecular flexibility index (Phi) is 5.87. The zero-order valence-electron chi connectivity index (χ0n) is 15.1. The van der Waals surface area contributed by atoms with Crippen LogP contribution in [-0.4, -0.2) is 19.4 Å². The van der Waals surface area contributed by atoms with Gasteiger partial charge in [-0.25, -0.2) is 4.39 Å². The number of fused-ring (bicyclic) bond motifs is 1. The van der Waals surface area contributed by atoms with E-state index in [2.05, 4.69) is 0 Å². The number of hydrogen-bond donors (Lipinski definition) is 0. The van der Waals surface area contributed by atoms with Gasteiger partial charge >= 0.3 is 6.18 Å². The lowest BCUT2D eigenvalue weighted by Gasteiger charge is -2.11. The van der Waals surface area contributed by atoms with E-state index >= 15 is 0 Å². The second-order valence-electron chi connectivity index (χ2n) is 6.15. The van der Waals surface area contributed by atoms with Crippen LogP contribution in [0.5, 0.6) is 11.5 Å². The molecular weight excluding hydrogens is 372 g/mol. The lowest BCUT2D eigenvalue weighted by molar-refractivity contribution is -0.153. The lowest BCUT2D eigenvalue weighted by atomic mass is 10.0. The lowest BCUT2D eigenvalue weighted by Crippen LogP contribution is -2.19. The molecule has 0 aliphatic heterocycles. The SMILES string of the molecule is CC=CCOc1ccc(-c2ccc3cc(OCC(F)(F)F)ccc3c2)c(F)c1. The molecule has 0 amide bonds. The maximum Gasteiger partial charge on any atom is 0.422 e. The minimum Gasteiger partial charge on any atom is -0.489 e. The third kappa shape index (κ3) is 5.03. The zero-order valence-corrected chi connectivity index (χ0v) is 15.1. The predicted molar refractivity (Wildman–Crippen MR) is 101 cm³/mol. The summed E-state index contributed by atoms with van der Waals surface area (Å²) in [5, 5.41) is 1.47. The van der Waals surface area contributed by atoms with Gasteiger partial charge in [0.2, 0.25) is 0 Å². The summed E-state index contributed by atoms with van der Waals surface area (Å²) < 4.78 is 61.5. The van der Waals surface area contributed by atoms with E-state index < -0.39 is 18.6 Å². The standard InChI is InChI=1S/C22H18F4O2/c1-2-3-10-27-19-8-9-20(21(23)13-19)17-5-4-16-12-18(7-6-15(16)11-17)28-14-22(24,25)26/h2-9,11-13H,10,14H2,1H3. The first-order valence-electron chi connectivity index (χ1n) is 8.63. The number of alkyl halides is 3. The van der Waals surface area contributed by atoms with Crippen LogP contribution in [0.15, 0.2) is 66.7 Å². The summed E-state index contributed by atoms with van der Waals surface area (Å²) in [6.45, 7) is 0.895. The third-order valence-electron chi connectivity index (χ3n) is 4.05. The van der Waals surface area contributed by atoms with Gasteiger partial charge in [-0.15, -0.1) is 0 Å². The Hall–Kier alpha value is -3.02. The van der Waals surface area contributed by atoms with Gasteiger partial charge in [0.15, 0.2) is 6.61 Å². The van der Waals surface area contributed by atoms with Crippen molar-refractivity contribution in [1.82, 2.24) is 0 Å². The molecule has 28 heavy (non-hydrogen) atoms. The van der Waals surface area contributed by atoms with Crippen LogP contribution in [-0.2, 0) is 0 Å². The van der Waals surface area contributed by atoms with Gasteiger partial charge in [0, 0.05) is 11.6 Å². The molecule has 2 nitrogen and oxygen atoms in total. The van der Waals surface area contributed by atoms with Gasteiger partial charge in [0.05, 0.1) is 0 Å². The zero-order chi connectivity index (χ0) is 20.1. The minimum absolute atomic E-state index is 0.131. The van der Waals surface area contributed by atoms with Gasteiger partial charge in [-0.2, -0.15) is 13.2 Å². The molecule has 3 rings (SSSR count). The number of ether oxygens (including phenoxy) is 2. The van der Waals surface area contributed by atoms with Crippen LogP contribution in [0.3, 0.4) is 0 Å². The summed E-state index contributed by atoms with van der Waals surface area (Å²) in [7, 11) is 0. The fourth-order valence-electron chi connectivity index (χ4n) is 2.71. The number of rotatable bonds is 6. The first-order chi connectivity index (χ1) is 13.4. The topological polar surface area (TPSA) is 18.5 Å². The van der Waals surface area contributed by atoms with Crippen molar-refractivity contribution in [3.05, 3.63) is 72.6 Å². The monoisotopic (exact) mass is 390 g/mol. The molecule has 6 heteroatoms. The van der Waals surface area contributed by atoms with Crippen molar-refractivity contribution in [1.29, 1.82) is 0 Å². The molecule has 0 spiro atoms. The summed E-state index contributed by atoms with van der Waals surface area (Å²) in [6, 6.07) is 14.5. The summed E-state index contributed by atoms with van der Waals surface area (Å²) >= 11 is 0. The largest absolute Gasteiger partial charge is 0.489 e. The van der Waals surface area contributed by atoms with Crippen molar-refractivity contribution < 1.29 is 27.0 Å². The Bertz CT molecular complexity index is 993. The van der Waals surface area contributed by atoms with E-state index in [9.17, 15) is 17.6 Å². The van der Waals surface area contributed by atoms with Crippen LogP contribution in [0, 0.1) is 5.82 Å². The Labute approximate surface area is 160 Å². The smallest absolute Gasteiger partial charge is 0.422 e. The van der Waals surface area contributed by atoms with Crippen LogP contribution in [0.4, 0.5) is 17.6 Å². The summed E-state index contributed by atoms with van der Waals surface area (Å²) in [6.07, 6.45) is -0.722. The summed E-state index contributed by atoms with van der Waals surface area (Å²) in [5.74, 6) is 0.153. The number of allylic oxidation sites excluding steroid dienone is 1. The van der Waals surface area contributed by atoms with Crippen molar-refractivity contribution >= 4 is 10.8 Å². The second kappa shape index (κ2) is 8.33. The van der Waals surface area contributed by atoms with E-state index in [1.165, 1.54) is 18.2 Å². The van der Waals surface area contributed by atoms with Gasteiger partial charge in [0.25, 0.3) is 0 Å². The average Bonchev–Trinajstić information content (AvgIpc) is 2.66. The Morgan fingerprint density at radius 1 is 0.857 bits per heavy atom. The minimum atomic E-state index is -4.39. The highest BCUT2D eigenvalue weighted by Gasteiger charge is 2.28. The molecule has 0 aromatic heterocycles. The van der Waals surface area contributed by atoms with Crippen LogP contribution >= 0.6 is 0 Å². The van der Waals surface area contributed by atoms with E-state index in [1.807, 2.05) is 19.1 Å². The molecule has 0 fully saturated rings. The predicted octanol–water partition coefficient (Wildman–Crippen LogP) is 6.54. The molecule has 0 aliphatic carbocycles. The molecule has 0 atom stereocenters. The Balaban J connectivity index is 1.82. The molecule has 3 aromatic rings. The normalized spacial score (nSPS) is 11.9. The van der Waals surface area contributed by atoms with Crippen molar-refractivity contribution in [3.63, 3.8) is 0 Å². The number of halogens is 4. The van der Waals surface area contributed by atoms with Crippen molar-refractivity contribution in [2.45, 2.75) is 13.1 Å². The number of benzene rings is 3. The van der Waals surface area contributed by atoms with Gasteiger partial charge in [0.1, 0.15) is 23.9 Å². The van der Waals surface area contributed by atoms with Crippen molar-refractivity contribution in [3.8, 4) is 22.6 Å². The molecular formula is C22H18F4O2. The van der Waals surface area contributed by atoms with Gasteiger partial charge in [-0.05, 0) is 53.6 Å². The average molecular weight is 390 g/mol. The first kappa shape index (κ1) is 19.7. The van der Waals surface area contributed by atoms with Crippen molar-refractivity contribution in [2.75, 3.05) is 13.2 Å². The highest BCUT2D eigenvalue weighted by Crippen LogP contribution is 2.30. The molecule has 0 heterocycles. The van der Waals surface area contributed by atoms with Crippen LogP contribution in [0.25, 0.3) is 21.9 Å².